The standard InChI is InChI=1S/C38H61N7O6.BF4/c1-24(2)19-30(40-34(46)29(39)22-28-13-11-10-12-14-28)35(47)41-31(20-25(3)4)36(48)43-33(27(7)8)37(49)42-32(21-26(5)6)38(50)51-18-17-45-16-15-44(9)23-45;2-1(3,4)5/h10-16,23-27,29-33H,17-22,39H2,1-9H3,(H3-,40,41,42,43,46,47,48,49);/q;-1/p+1/t29-,30-,31-,32-,33-;/m0./s1. The first-order valence-electron chi connectivity index (χ1n) is 19.0. The van der Waals surface area contributed by atoms with Gasteiger partial charge < -0.3 is 49.0 Å². The van der Waals surface area contributed by atoms with Crippen LogP contribution in [0.15, 0.2) is 49.1 Å². The number of carbonyl (C=O) groups is 5. The van der Waals surface area contributed by atoms with Crippen LogP contribution in [0.5, 0.6) is 0 Å². The van der Waals surface area contributed by atoms with Gasteiger partial charge in [0.25, 0.3) is 0 Å². The van der Waals surface area contributed by atoms with Gasteiger partial charge in [-0.05, 0) is 54.9 Å². The molecule has 18 heteroatoms. The van der Waals surface area contributed by atoms with Gasteiger partial charge in [-0.15, -0.1) is 0 Å². The molecule has 4 amide bonds. The third-order valence-corrected chi connectivity index (χ3v) is 8.29. The Balaban J connectivity index is 0.00000293. The summed E-state index contributed by atoms with van der Waals surface area (Å²) in [5, 5.41) is 11.3. The molecule has 0 saturated heterocycles. The molecule has 56 heavy (non-hydrogen) atoms. The van der Waals surface area contributed by atoms with E-state index in [9.17, 15) is 41.2 Å². The second-order valence-electron chi connectivity index (χ2n) is 15.6. The molecule has 0 aliphatic carbocycles. The Morgan fingerprint density at radius 2 is 1.20 bits per heavy atom. The van der Waals surface area contributed by atoms with Crippen molar-refractivity contribution in [1.29, 1.82) is 0 Å². The van der Waals surface area contributed by atoms with Crippen LogP contribution in [0.2, 0.25) is 0 Å². The molecule has 0 radical (unpaired) electrons. The fraction of sp³-hybridized carbons (Fsp3) is 0.632. The first-order chi connectivity index (χ1) is 26.0. The zero-order valence-corrected chi connectivity index (χ0v) is 34.1. The molecule has 0 aliphatic rings. The van der Waals surface area contributed by atoms with Crippen molar-refractivity contribution in [3.05, 3.63) is 54.6 Å². The molecular weight excluding hydrogens is 737 g/mol. The van der Waals surface area contributed by atoms with Gasteiger partial charge in [0.1, 0.15) is 49.7 Å². The van der Waals surface area contributed by atoms with Crippen molar-refractivity contribution < 1.29 is 50.5 Å². The molecule has 0 spiro atoms. The van der Waals surface area contributed by atoms with E-state index in [-0.39, 0.29) is 30.3 Å². The van der Waals surface area contributed by atoms with Crippen LogP contribution >= 0.6 is 0 Å². The average molecular weight is 800 g/mol. The maximum absolute atomic E-state index is 13.8. The number of amides is 4. The summed E-state index contributed by atoms with van der Waals surface area (Å²) in [7, 11) is -4.10. The number of nitrogens with two attached hydrogens (primary N) is 1. The molecule has 1 aromatic carbocycles. The van der Waals surface area contributed by atoms with E-state index < -0.39 is 67.1 Å². The normalized spacial score (nSPS) is 14.2. The van der Waals surface area contributed by atoms with Gasteiger partial charge >= 0.3 is 13.2 Å². The lowest BCUT2D eigenvalue weighted by molar-refractivity contribution is -0.671. The number of aryl methyl sites for hydroxylation is 1. The largest absolute Gasteiger partial charge is 0.673 e. The predicted molar refractivity (Wildman–Crippen MR) is 206 cm³/mol. The number of hydrogen-bond donors (Lipinski definition) is 5. The second kappa shape index (κ2) is 24.2. The van der Waals surface area contributed by atoms with Crippen molar-refractivity contribution in [3.63, 3.8) is 0 Å². The van der Waals surface area contributed by atoms with E-state index >= 15 is 0 Å². The van der Waals surface area contributed by atoms with E-state index in [0.717, 1.165) is 5.56 Å². The summed E-state index contributed by atoms with van der Waals surface area (Å²) < 4.78 is 48.3. The topological polar surface area (TPSA) is 178 Å². The monoisotopic (exact) mass is 799 g/mol. The minimum absolute atomic E-state index is 0.0176. The molecule has 0 saturated carbocycles. The smallest absolute Gasteiger partial charge is 0.460 e. The van der Waals surface area contributed by atoms with Crippen LogP contribution in [-0.2, 0) is 48.7 Å². The molecule has 5 atom stereocenters. The van der Waals surface area contributed by atoms with Gasteiger partial charge in [0.15, 0.2) is 0 Å². The number of benzene rings is 1. The van der Waals surface area contributed by atoms with Crippen LogP contribution in [-0.4, -0.2) is 78.2 Å². The molecule has 0 fully saturated rings. The number of imidazole rings is 1. The zero-order valence-electron chi connectivity index (χ0n) is 34.1. The minimum Gasteiger partial charge on any atom is -0.460 e. The van der Waals surface area contributed by atoms with E-state index in [1.165, 1.54) is 0 Å². The van der Waals surface area contributed by atoms with Crippen LogP contribution < -0.4 is 31.6 Å². The predicted octanol–water partition coefficient (Wildman–Crippen LogP) is 3.46. The Morgan fingerprint density at radius 1 is 0.732 bits per heavy atom. The number of hydrogen-bond acceptors (Lipinski definition) is 7. The highest BCUT2D eigenvalue weighted by atomic mass is 19.5. The van der Waals surface area contributed by atoms with Gasteiger partial charge in [0, 0.05) is 0 Å². The molecule has 0 bridgehead atoms. The summed E-state index contributed by atoms with van der Waals surface area (Å²) in [6.07, 6.45) is 6.91. The number of esters is 1. The van der Waals surface area contributed by atoms with Crippen LogP contribution in [0.3, 0.4) is 0 Å². The molecule has 13 nitrogen and oxygen atoms in total. The Hall–Kier alpha value is -4.48. The first kappa shape index (κ1) is 49.5. The third kappa shape index (κ3) is 21.0. The molecule has 6 N–H and O–H groups in total. The maximum atomic E-state index is 13.8. The van der Waals surface area contributed by atoms with Crippen molar-refractivity contribution >= 4 is 36.9 Å². The molecule has 2 aromatic rings. The van der Waals surface area contributed by atoms with E-state index in [1.54, 1.807) is 13.8 Å². The number of halogens is 4. The fourth-order valence-electron chi connectivity index (χ4n) is 5.64. The Kier molecular flexibility index (Phi) is 21.4. The van der Waals surface area contributed by atoms with Gasteiger partial charge in [-0.2, -0.15) is 0 Å². The first-order valence-corrected chi connectivity index (χ1v) is 19.0. The molecule has 1 heterocycles. The molecule has 0 aliphatic heterocycles. The van der Waals surface area contributed by atoms with Gasteiger partial charge in [0.05, 0.1) is 13.1 Å². The van der Waals surface area contributed by atoms with Crippen molar-refractivity contribution in [2.45, 2.75) is 118 Å². The van der Waals surface area contributed by atoms with Crippen LogP contribution in [0.25, 0.3) is 0 Å². The Morgan fingerprint density at radius 3 is 1.66 bits per heavy atom. The molecule has 316 valence electrons. The highest BCUT2D eigenvalue weighted by Crippen LogP contribution is 2.13. The second-order valence-corrected chi connectivity index (χ2v) is 15.6. The van der Waals surface area contributed by atoms with Crippen molar-refractivity contribution in [2.24, 2.45) is 36.5 Å². The molecule has 1 aromatic heterocycles. The quantitative estimate of drug-likeness (QED) is 0.0556. The molecule has 2 rings (SSSR count). The lowest BCUT2D eigenvalue weighted by Crippen LogP contribution is -2.60. The molecule has 0 unspecified atom stereocenters. The van der Waals surface area contributed by atoms with Crippen molar-refractivity contribution in [3.8, 4) is 0 Å². The Labute approximate surface area is 328 Å². The third-order valence-electron chi connectivity index (χ3n) is 8.29. The summed E-state index contributed by atoms with van der Waals surface area (Å²) in [6, 6.07) is 4.71. The summed E-state index contributed by atoms with van der Waals surface area (Å²) in [5.41, 5.74) is 7.11. The van der Waals surface area contributed by atoms with E-state index in [0.29, 0.717) is 32.2 Å². The molecular formula is C38H62BF4N7O6. The average Bonchev–Trinajstić information content (AvgIpc) is 3.49. The van der Waals surface area contributed by atoms with Crippen LogP contribution in [0, 0.1) is 23.7 Å². The minimum atomic E-state index is -6.00. The summed E-state index contributed by atoms with van der Waals surface area (Å²) in [6.45, 7) is 15.8. The summed E-state index contributed by atoms with van der Waals surface area (Å²) >= 11 is 0. The zero-order chi connectivity index (χ0) is 42.7. The lowest BCUT2D eigenvalue weighted by atomic mass is 9.97. The van der Waals surface area contributed by atoms with E-state index in [2.05, 4.69) is 21.3 Å². The summed E-state index contributed by atoms with van der Waals surface area (Å²) in [5.74, 6) is -2.77. The highest BCUT2D eigenvalue weighted by molar-refractivity contribution is 6.50. The van der Waals surface area contributed by atoms with E-state index in [1.807, 2.05) is 107 Å². The van der Waals surface area contributed by atoms with E-state index in [4.69, 9.17) is 10.5 Å². The maximum Gasteiger partial charge on any atom is 0.673 e. The fourth-order valence-corrected chi connectivity index (χ4v) is 5.64. The number of rotatable bonds is 21. The van der Waals surface area contributed by atoms with Crippen LogP contribution in [0.4, 0.5) is 17.3 Å². The number of aromatic nitrogens is 2. The highest BCUT2D eigenvalue weighted by Gasteiger charge is 2.34. The van der Waals surface area contributed by atoms with Gasteiger partial charge in [0.2, 0.25) is 30.0 Å². The number of carbonyl (C=O) groups excluding carboxylic acids is 5. The number of nitrogens with one attached hydrogen (secondary N) is 4. The van der Waals surface area contributed by atoms with Crippen molar-refractivity contribution in [2.75, 3.05) is 6.61 Å². The number of ether oxygens (including phenoxy) is 1. The van der Waals surface area contributed by atoms with Crippen molar-refractivity contribution in [1.82, 2.24) is 25.8 Å². The lowest BCUT2D eigenvalue weighted by Gasteiger charge is -2.29. The SMILES string of the molecule is CC(C)C[C@H](NC(=O)[C@H](CC(C)C)NC(=O)[C@@H](N)Cc1ccccc1)C(=O)N[C@H](C(=O)N[C@@H](CC(C)C)C(=O)OCCn1cc[n+](C)c1)C(C)C.F[B-](F)(F)F. The number of nitrogens with zero attached hydrogens (tertiary/aromatic N) is 2. The van der Waals surface area contributed by atoms with Gasteiger partial charge in [-0.25, -0.2) is 13.9 Å². The summed E-state index contributed by atoms with van der Waals surface area (Å²) in [4.78, 5) is 67.3. The van der Waals surface area contributed by atoms with Gasteiger partial charge in [-0.3, -0.25) is 19.2 Å². The van der Waals surface area contributed by atoms with Crippen LogP contribution in [0.1, 0.15) is 80.2 Å². The van der Waals surface area contributed by atoms with Gasteiger partial charge in [-0.1, -0.05) is 85.7 Å². The Bertz CT molecular complexity index is 1520.